The summed E-state index contributed by atoms with van der Waals surface area (Å²) in [4.78, 5) is 4.06. The van der Waals surface area contributed by atoms with E-state index >= 15 is 0 Å². The number of aryl methyl sites for hydroxylation is 2. The molecule has 0 amide bonds. The molecular weight excluding hydrogens is 234 g/mol. The molecule has 0 saturated heterocycles. The van der Waals surface area contributed by atoms with Crippen LogP contribution in [0.15, 0.2) is 16.9 Å². The molecule has 8 heteroatoms. The molecule has 1 N–H and O–H groups in total. The highest BCUT2D eigenvalue weighted by Crippen LogP contribution is 2.14. The topological polar surface area (TPSA) is 94.0 Å². The Hall–Kier alpha value is -2.51. The number of tetrazole rings is 1. The Balaban J connectivity index is 1.87. The van der Waals surface area contributed by atoms with E-state index < -0.39 is 0 Å². The van der Waals surface area contributed by atoms with Crippen LogP contribution in [0.3, 0.4) is 0 Å². The Labute approximate surface area is 102 Å². The van der Waals surface area contributed by atoms with Crippen molar-refractivity contribution >= 4 is 11.5 Å². The van der Waals surface area contributed by atoms with Crippen molar-refractivity contribution in [1.29, 1.82) is 0 Å². The van der Waals surface area contributed by atoms with Gasteiger partial charge in [0, 0.05) is 12.1 Å². The van der Waals surface area contributed by atoms with Crippen LogP contribution in [0.5, 0.6) is 0 Å². The summed E-state index contributed by atoms with van der Waals surface area (Å²) < 4.78 is 6.69. The molecule has 3 heterocycles. The zero-order valence-electron chi connectivity index (χ0n) is 9.95. The zero-order chi connectivity index (χ0) is 12.5. The summed E-state index contributed by atoms with van der Waals surface area (Å²) in [6, 6.07) is 0. The molecule has 0 aromatic carbocycles. The van der Waals surface area contributed by atoms with E-state index in [1.54, 1.807) is 16.9 Å². The van der Waals surface area contributed by atoms with Crippen molar-refractivity contribution in [3.05, 3.63) is 29.4 Å². The molecule has 0 fully saturated rings. The van der Waals surface area contributed by atoms with Crippen LogP contribution in [-0.2, 0) is 6.54 Å². The minimum atomic E-state index is 0.585. The van der Waals surface area contributed by atoms with Crippen molar-refractivity contribution in [2.45, 2.75) is 20.4 Å². The summed E-state index contributed by atoms with van der Waals surface area (Å²) >= 11 is 0. The molecule has 3 aromatic rings. The van der Waals surface area contributed by atoms with Crippen LogP contribution in [-0.4, -0.2) is 30.2 Å². The third-order valence-electron chi connectivity index (χ3n) is 2.74. The van der Waals surface area contributed by atoms with Gasteiger partial charge in [-0.25, -0.2) is 0 Å². The molecule has 18 heavy (non-hydrogen) atoms. The van der Waals surface area contributed by atoms with Gasteiger partial charge in [-0.15, -0.1) is 5.10 Å². The first-order chi connectivity index (χ1) is 8.75. The van der Waals surface area contributed by atoms with E-state index in [1.165, 1.54) is 0 Å². The van der Waals surface area contributed by atoms with Crippen molar-refractivity contribution in [3.8, 4) is 0 Å². The van der Waals surface area contributed by atoms with Crippen molar-refractivity contribution in [1.82, 2.24) is 30.2 Å². The maximum absolute atomic E-state index is 5.10. The number of nitrogens with one attached hydrogen (secondary N) is 1. The van der Waals surface area contributed by atoms with Crippen molar-refractivity contribution in [2.24, 2.45) is 0 Å². The van der Waals surface area contributed by atoms with Crippen LogP contribution in [0.1, 0.15) is 17.0 Å². The van der Waals surface area contributed by atoms with Gasteiger partial charge in [-0.05, 0) is 24.3 Å². The molecule has 92 valence electrons. The van der Waals surface area contributed by atoms with Gasteiger partial charge < -0.3 is 9.84 Å². The molecule has 0 spiro atoms. The SMILES string of the molecule is Cc1noc(C)c1CNc1cncc2nnnn12. The van der Waals surface area contributed by atoms with Gasteiger partial charge >= 0.3 is 0 Å². The summed E-state index contributed by atoms with van der Waals surface area (Å²) in [5, 5.41) is 18.4. The lowest BCUT2D eigenvalue weighted by Gasteiger charge is -2.05. The van der Waals surface area contributed by atoms with Crippen molar-refractivity contribution in [3.63, 3.8) is 0 Å². The highest BCUT2D eigenvalue weighted by atomic mass is 16.5. The van der Waals surface area contributed by atoms with Crippen molar-refractivity contribution < 1.29 is 4.52 Å². The van der Waals surface area contributed by atoms with Gasteiger partial charge in [0.2, 0.25) is 0 Å². The predicted molar refractivity (Wildman–Crippen MR) is 61.9 cm³/mol. The van der Waals surface area contributed by atoms with Gasteiger partial charge in [0.25, 0.3) is 0 Å². The Morgan fingerprint density at radius 2 is 2.22 bits per heavy atom. The highest BCUT2D eigenvalue weighted by molar-refractivity contribution is 5.44. The number of hydrogen-bond acceptors (Lipinski definition) is 7. The molecule has 0 saturated carbocycles. The van der Waals surface area contributed by atoms with E-state index in [0.717, 1.165) is 22.8 Å². The highest BCUT2D eigenvalue weighted by Gasteiger charge is 2.10. The van der Waals surface area contributed by atoms with E-state index in [9.17, 15) is 0 Å². The zero-order valence-corrected chi connectivity index (χ0v) is 9.95. The molecule has 0 bridgehead atoms. The predicted octanol–water partition coefficient (Wildman–Crippen LogP) is 0.736. The summed E-state index contributed by atoms with van der Waals surface area (Å²) in [6.07, 6.45) is 3.27. The lowest BCUT2D eigenvalue weighted by atomic mass is 10.2. The molecule has 8 nitrogen and oxygen atoms in total. The van der Waals surface area contributed by atoms with E-state index in [1.807, 2.05) is 13.8 Å². The van der Waals surface area contributed by atoms with E-state index in [4.69, 9.17) is 4.52 Å². The maximum Gasteiger partial charge on any atom is 0.199 e. The molecule has 3 rings (SSSR count). The van der Waals surface area contributed by atoms with Gasteiger partial charge in [-0.3, -0.25) is 4.98 Å². The molecular formula is C10H11N7O. The number of nitrogens with zero attached hydrogens (tertiary/aromatic N) is 6. The molecule has 0 aliphatic rings. The molecule has 3 aromatic heterocycles. The molecule has 0 aliphatic carbocycles. The van der Waals surface area contributed by atoms with Crippen molar-refractivity contribution in [2.75, 3.05) is 5.32 Å². The largest absolute Gasteiger partial charge is 0.364 e. The third kappa shape index (κ3) is 1.67. The minimum absolute atomic E-state index is 0.585. The van der Waals surface area contributed by atoms with Gasteiger partial charge in [-0.1, -0.05) is 5.16 Å². The number of anilines is 1. The van der Waals surface area contributed by atoms with E-state index in [0.29, 0.717) is 12.2 Å². The number of aromatic nitrogens is 6. The fraction of sp³-hybridized carbons (Fsp3) is 0.300. The molecule has 0 radical (unpaired) electrons. The lowest BCUT2D eigenvalue weighted by molar-refractivity contribution is 0.392. The number of hydrogen-bond donors (Lipinski definition) is 1. The fourth-order valence-corrected chi connectivity index (χ4v) is 1.73. The fourth-order valence-electron chi connectivity index (χ4n) is 1.73. The quantitative estimate of drug-likeness (QED) is 0.727. The van der Waals surface area contributed by atoms with E-state index in [2.05, 4.69) is 31.0 Å². The first-order valence-corrected chi connectivity index (χ1v) is 5.43. The second-order valence-electron chi connectivity index (χ2n) is 3.90. The maximum atomic E-state index is 5.10. The summed E-state index contributed by atoms with van der Waals surface area (Å²) in [5.41, 5.74) is 2.50. The summed E-state index contributed by atoms with van der Waals surface area (Å²) in [7, 11) is 0. The average molecular weight is 245 g/mol. The first-order valence-electron chi connectivity index (χ1n) is 5.43. The number of fused-ring (bicyclic) bond motifs is 1. The van der Waals surface area contributed by atoms with Crippen LogP contribution in [0, 0.1) is 13.8 Å². The second kappa shape index (κ2) is 4.06. The van der Waals surface area contributed by atoms with Gasteiger partial charge in [0.1, 0.15) is 5.76 Å². The second-order valence-corrected chi connectivity index (χ2v) is 3.90. The van der Waals surface area contributed by atoms with Crippen LogP contribution in [0.25, 0.3) is 5.65 Å². The first kappa shape index (κ1) is 10.6. The standard InChI is InChI=1S/C10H11N7O/c1-6-8(7(2)18-14-6)3-12-9-4-11-5-10-13-15-16-17(9)10/h4-5,12H,3H2,1-2H3. The third-order valence-corrected chi connectivity index (χ3v) is 2.74. The van der Waals surface area contributed by atoms with Gasteiger partial charge in [0.15, 0.2) is 11.5 Å². The lowest BCUT2D eigenvalue weighted by Crippen LogP contribution is -2.06. The van der Waals surface area contributed by atoms with Gasteiger partial charge in [-0.2, -0.15) is 4.52 Å². The number of rotatable bonds is 3. The molecule has 0 unspecified atom stereocenters. The Morgan fingerprint density at radius 3 is 3.00 bits per heavy atom. The smallest absolute Gasteiger partial charge is 0.199 e. The van der Waals surface area contributed by atoms with Crippen LogP contribution in [0.2, 0.25) is 0 Å². The van der Waals surface area contributed by atoms with Crippen LogP contribution < -0.4 is 5.32 Å². The average Bonchev–Trinajstić information content (AvgIpc) is 2.95. The Bertz CT molecular complexity index is 667. The molecule has 0 aliphatic heterocycles. The normalized spacial score (nSPS) is 11.0. The minimum Gasteiger partial charge on any atom is -0.364 e. The van der Waals surface area contributed by atoms with Crippen LogP contribution in [0.4, 0.5) is 5.82 Å². The Kier molecular flexibility index (Phi) is 2.40. The summed E-state index contributed by atoms with van der Waals surface area (Å²) in [5.74, 6) is 1.52. The Morgan fingerprint density at radius 1 is 1.33 bits per heavy atom. The molecule has 0 atom stereocenters. The van der Waals surface area contributed by atoms with Crippen LogP contribution >= 0.6 is 0 Å². The van der Waals surface area contributed by atoms with E-state index in [-0.39, 0.29) is 0 Å². The van der Waals surface area contributed by atoms with Gasteiger partial charge in [0.05, 0.1) is 18.1 Å². The monoisotopic (exact) mass is 245 g/mol. The summed E-state index contributed by atoms with van der Waals surface area (Å²) in [6.45, 7) is 4.37.